The average molecular weight is 264 g/mol. The predicted molar refractivity (Wildman–Crippen MR) is 71.4 cm³/mol. The number of carbonyl (C=O) groups is 2. The van der Waals surface area contributed by atoms with Crippen molar-refractivity contribution in [1.82, 2.24) is 10.3 Å². The summed E-state index contributed by atoms with van der Waals surface area (Å²) in [5.41, 5.74) is 0.635. The van der Waals surface area contributed by atoms with Crippen LogP contribution in [0.15, 0.2) is 34.6 Å². The van der Waals surface area contributed by atoms with Crippen LogP contribution in [0.5, 0.6) is 0 Å². The molecule has 0 saturated heterocycles. The first-order chi connectivity index (χ1) is 8.58. The van der Waals surface area contributed by atoms with Crippen LogP contribution in [0.2, 0.25) is 0 Å². The summed E-state index contributed by atoms with van der Waals surface area (Å²) < 4.78 is 0. The lowest BCUT2D eigenvalue weighted by Gasteiger charge is -2.00. The van der Waals surface area contributed by atoms with Crippen molar-refractivity contribution in [2.45, 2.75) is 13.8 Å². The molecular formula is C11H12N4O2S. The fraction of sp³-hybridized carbons (Fsp3) is 0.182. The van der Waals surface area contributed by atoms with Gasteiger partial charge in [-0.05, 0) is 23.9 Å². The molecule has 0 atom stereocenters. The second-order valence-corrected chi connectivity index (χ2v) is 4.34. The van der Waals surface area contributed by atoms with E-state index in [2.05, 4.69) is 20.5 Å². The maximum absolute atomic E-state index is 10.9. The van der Waals surface area contributed by atoms with Crippen LogP contribution in [-0.2, 0) is 9.59 Å². The number of thioether (sulfide) groups is 1. The first-order valence-electron chi connectivity index (χ1n) is 5.06. The summed E-state index contributed by atoms with van der Waals surface area (Å²) in [7, 11) is 0. The Balaban J connectivity index is 2.73. The van der Waals surface area contributed by atoms with Gasteiger partial charge < -0.3 is 5.32 Å². The van der Waals surface area contributed by atoms with Gasteiger partial charge in [-0.3, -0.25) is 14.6 Å². The van der Waals surface area contributed by atoms with Crippen molar-refractivity contribution in [3.05, 3.63) is 30.1 Å². The Morgan fingerprint density at radius 2 is 2.17 bits per heavy atom. The molecule has 1 aromatic rings. The first kappa shape index (κ1) is 14.0. The van der Waals surface area contributed by atoms with Crippen molar-refractivity contribution >= 4 is 34.2 Å². The summed E-state index contributed by atoms with van der Waals surface area (Å²) in [6.45, 7) is 2.71. The van der Waals surface area contributed by atoms with Crippen LogP contribution in [0.25, 0.3) is 0 Å². The van der Waals surface area contributed by atoms with Gasteiger partial charge in [0.05, 0.1) is 11.9 Å². The maximum Gasteiger partial charge on any atom is 0.222 e. The van der Waals surface area contributed by atoms with Gasteiger partial charge in [0.15, 0.2) is 10.3 Å². The fourth-order valence-corrected chi connectivity index (χ4v) is 1.51. The van der Waals surface area contributed by atoms with Crippen molar-refractivity contribution in [3.63, 3.8) is 0 Å². The van der Waals surface area contributed by atoms with Crippen LogP contribution in [0.4, 0.5) is 0 Å². The number of rotatable bonds is 2. The van der Waals surface area contributed by atoms with Crippen molar-refractivity contribution < 1.29 is 9.59 Å². The minimum Gasteiger partial charge on any atom is -0.304 e. The van der Waals surface area contributed by atoms with E-state index in [9.17, 15) is 9.59 Å². The van der Waals surface area contributed by atoms with Gasteiger partial charge in [-0.2, -0.15) is 5.10 Å². The van der Waals surface area contributed by atoms with E-state index >= 15 is 0 Å². The van der Waals surface area contributed by atoms with Crippen LogP contribution in [0.1, 0.15) is 19.5 Å². The fourth-order valence-electron chi connectivity index (χ4n) is 0.950. The minimum absolute atomic E-state index is 0.141. The molecule has 0 bridgehead atoms. The third-order valence-electron chi connectivity index (χ3n) is 1.55. The van der Waals surface area contributed by atoms with Gasteiger partial charge in [-0.25, -0.2) is 0 Å². The van der Waals surface area contributed by atoms with Gasteiger partial charge in [-0.15, -0.1) is 5.10 Å². The summed E-state index contributed by atoms with van der Waals surface area (Å²) in [6, 6.07) is 5.36. The SMILES string of the molecule is CC(=O)N/C(=N/N=C/c1ccccn1)SC(C)=O. The van der Waals surface area contributed by atoms with E-state index in [-0.39, 0.29) is 16.2 Å². The number of hydrogen-bond acceptors (Lipinski definition) is 6. The molecule has 0 aliphatic carbocycles. The number of hydrogen-bond donors (Lipinski definition) is 1. The number of nitrogens with zero attached hydrogens (tertiary/aromatic N) is 3. The second-order valence-electron chi connectivity index (χ2n) is 3.18. The van der Waals surface area contributed by atoms with Crippen molar-refractivity contribution in [2.75, 3.05) is 0 Å². The molecule has 1 rings (SSSR count). The normalized spacial score (nSPS) is 11.6. The molecule has 0 saturated carbocycles. The predicted octanol–water partition coefficient (Wildman–Crippen LogP) is 1.19. The number of carbonyl (C=O) groups excluding carboxylic acids is 2. The summed E-state index contributed by atoms with van der Waals surface area (Å²) in [5.74, 6) is -0.310. The van der Waals surface area contributed by atoms with E-state index in [0.29, 0.717) is 5.69 Å². The monoisotopic (exact) mass is 264 g/mol. The first-order valence-corrected chi connectivity index (χ1v) is 5.87. The molecule has 1 aromatic heterocycles. The lowest BCUT2D eigenvalue weighted by molar-refractivity contribution is -0.117. The van der Waals surface area contributed by atoms with E-state index in [1.807, 2.05) is 6.07 Å². The molecule has 7 heteroatoms. The molecule has 0 spiro atoms. The van der Waals surface area contributed by atoms with Crippen molar-refractivity contribution in [3.8, 4) is 0 Å². The summed E-state index contributed by atoms with van der Waals surface area (Å²) >= 11 is 0.808. The molecule has 1 amide bonds. The zero-order valence-electron chi connectivity index (χ0n) is 9.95. The summed E-state index contributed by atoms with van der Waals surface area (Å²) in [5, 5.41) is 9.89. The minimum atomic E-state index is -0.310. The summed E-state index contributed by atoms with van der Waals surface area (Å²) in [4.78, 5) is 25.8. The number of aromatic nitrogens is 1. The Morgan fingerprint density at radius 1 is 1.39 bits per heavy atom. The zero-order chi connectivity index (χ0) is 13.4. The molecule has 0 aliphatic heterocycles. The quantitative estimate of drug-likeness (QED) is 0.494. The van der Waals surface area contributed by atoms with E-state index < -0.39 is 0 Å². The molecule has 0 radical (unpaired) electrons. The van der Waals surface area contributed by atoms with E-state index in [4.69, 9.17) is 0 Å². The van der Waals surface area contributed by atoms with Crippen LogP contribution >= 0.6 is 11.8 Å². The van der Waals surface area contributed by atoms with Crippen molar-refractivity contribution in [1.29, 1.82) is 0 Å². The molecule has 0 fully saturated rings. The second kappa shape index (κ2) is 7.33. The lowest BCUT2D eigenvalue weighted by Crippen LogP contribution is -2.26. The van der Waals surface area contributed by atoms with Gasteiger partial charge in [0, 0.05) is 20.0 Å². The van der Waals surface area contributed by atoms with E-state index in [1.54, 1.807) is 18.3 Å². The highest BCUT2D eigenvalue weighted by Gasteiger charge is 2.05. The van der Waals surface area contributed by atoms with E-state index in [1.165, 1.54) is 20.1 Å². The standard InChI is InChI=1S/C11H12N4O2S/c1-8(16)14-11(18-9(2)17)15-13-7-10-5-3-4-6-12-10/h3-7H,1-2H3,(H,14,15,16)/b13-7+. The third kappa shape index (κ3) is 5.90. The molecule has 1 heterocycles. The maximum atomic E-state index is 10.9. The molecule has 1 N–H and O–H groups in total. The highest BCUT2D eigenvalue weighted by Crippen LogP contribution is 2.03. The lowest BCUT2D eigenvalue weighted by atomic mass is 10.4. The van der Waals surface area contributed by atoms with Crippen LogP contribution in [0, 0.1) is 0 Å². The van der Waals surface area contributed by atoms with Gasteiger partial charge in [0.2, 0.25) is 5.91 Å². The van der Waals surface area contributed by atoms with Crippen LogP contribution in [0.3, 0.4) is 0 Å². The van der Waals surface area contributed by atoms with Gasteiger partial charge >= 0.3 is 0 Å². The molecule has 0 aliphatic rings. The Kier molecular flexibility index (Phi) is 5.72. The number of nitrogens with one attached hydrogen (secondary N) is 1. The van der Waals surface area contributed by atoms with E-state index in [0.717, 1.165) is 11.8 Å². The largest absolute Gasteiger partial charge is 0.304 e. The van der Waals surface area contributed by atoms with Gasteiger partial charge in [0.1, 0.15) is 0 Å². The number of amides is 1. The average Bonchev–Trinajstić information content (AvgIpc) is 2.28. The Bertz CT molecular complexity index is 467. The molecule has 0 aromatic carbocycles. The van der Waals surface area contributed by atoms with Gasteiger partial charge in [-0.1, -0.05) is 6.07 Å². The highest BCUT2D eigenvalue weighted by atomic mass is 32.2. The molecular weight excluding hydrogens is 252 g/mol. The molecule has 0 unspecified atom stereocenters. The number of amidine groups is 1. The molecule has 94 valence electrons. The smallest absolute Gasteiger partial charge is 0.222 e. The Morgan fingerprint density at radius 3 is 2.72 bits per heavy atom. The van der Waals surface area contributed by atoms with Gasteiger partial charge in [0.25, 0.3) is 0 Å². The molecule has 18 heavy (non-hydrogen) atoms. The third-order valence-corrected chi connectivity index (χ3v) is 2.21. The number of pyridine rings is 1. The Hall–Kier alpha value is -2.02. The topological polar surface area (TPSA) is 83.8 Å². The van der Waals surface area contributed by atoms with Crippen LogP contribution < -0.4 is 5.32 Å². The van der Waals surface area contributed by atoms with Crippen molar-refractivity contribution in [2.24, 2.45) is 10.2 Å². The van der Waals surface area contributed by atoms with Crippen LogP contribution in [-0.4, -0.2) is 27.4 Å². The zero-order valence-corrected chi connectivity index (χ0v) is 10.8. The highest BCUT2D eigenvalue weighted by molar-refractivity contribution is 8.26. The summed E-state index contributed by atoms with van der Waals surface area (Å²) in [6.07, 6.45) is 3.06. The molecule has 6 nitrogen and oxygen atoms in total. The Labute approximate surface area is 109 Å².